The molecule has 2 rings (SSSR count). The van der Waals surface area contributed by atoms with E-state index in [4.69, 9.17) is 21.6 Å². The van der Waals surface area contributed by atoms with E-state index in [9.17, 15) is 0 Å². The van der Waals surface area contributed by atoms with Crippen LogP contribution in [-0.4, -0.2) is 6.10 Å². The quantitative estimate of drug-likeness (QED) is 0.710. The molecule has 1 aromatic carbocycles. The van der Waals surface area contributed by atoms with Crippen LogP contribution in [0.1, 0.15) is 18.1 Å². The highest BCUT2D eigenvalue weighted by atomic mass is 35.5. The second-order valence-corrected chi connectivity index (χ2v) is 3.96. The lowest BCUT2D eigenvalue weighted by Gasteiger charge is -2.06. The Labute approximate surface area is 88.1 Å². The first-order chi connectivity index (χ1) is 6.70. The first-order valence-corrected chi connectivity index (χ1v) is 4.93. The molecule has 1 aliphatic heterocycles. The van der Waals surface area contributed by atoms with Crippen molar-refractivity contribution in [3.05, 3.63) is 28.3 Å². The van der Waals surface area contributed by atoms with Gasteiger partial charge in [-0.1, -0.05) is 11.6 Å². The van der Waals surface area contributed by atoms with Gasteiger partial charge >= 0.3 is 0 Å². The monoisotopic (exact) mass is 207 g/mol. The number of nitrogens with zero attached hydrogens (tertiary/aromatic N) is 1. The minimum atomic E-state index is 0.195. The second kappa shape index (κ2) is 3.51. The van der Waals surface area contributed by atoms with Crippen molar-refractivity contribution in [2.45, 2.75) is 25.9 Å². The fourth-order valence-corrected chi connectivity index (χ4v) is 2.05. The van der Waals surface area contributed by atoms with Gasteiger partial charge in [0.15, 0.2) is 0 Å². The van der Waals surface area contributed by atoms with E-state index in [1.165, 1.54) is 0 Å². The van der Waals surface area contributed by atoms with Crippen molar-refractivity contribution in [2.24, 2.45) is 0 Å². The van der Waals surface area contributed by atoms with Gasteiger partial charge in [0.25, 0.3) is 0 Å². The summed E-state index contributed by atoms with van der Waals surface area (Å²) in [6.07, 6.45) is 1.44. The van der Waals surface area contributed by atoms with Gasteiger partial charge in [0.2, 0.25) is 0 Å². The molecule has 0 N–H and O–H groups in total. The third kappa shape index (κ3) is 1.56. The summed E-state index contributed by atoms with van der Waals surface area (Å²) < 4.78 is 5.64. The summed E-state index contributed by atoms with van der Waals surface area (Å²) >= 11 is 5.95. The molecule has 3 heteroatoms. The molecule has 0 aromatic heterocycles. The molecule has 0 amide bonds. The lowest BCUT2D eigenvalue weighted by Crippen LogP contribution is -2.05. The van der Waals surface area contributed by atoms with Crippen molar-refractivity contribution < 1.29 is 4.74 Å². The van der Waals surface area contributed by atoms with Gasteiger partial charge in [-0.3, -0.25) is 0 Å². The fraction of sp³-hybridized carbons (Fsp3) is 0.364. The number of hydrogen-bond acceptors (Lipinski definition) is 2. The summed E-state index contributed by atoms with van der Waals surface area (Å²) in [6, 6.07) is 5.84. The molecule has 0 spiro atoms. The van der Waals surface area contributed by atoms with Crippen LogP contribution in [0.2, 0.25) is 5.02 Å². The second-order valence-electron chi connectivity index (χ2n) is 3.52. The Kier molecular flexibility index (Phi) is 2.35. The standard InChI is InChI=1S/C11H10ClNO/c1-7-4-9-6-10(12)5-8(2-3-13)11(9)14-7/h5-7H,2,4H2,1H3. The molecule has 14 heavy (non-hydrogen) atoms. The van der Waals surface area contributed by atoms with E-state index in [0.717, 1.165) is 23.3 Å². The van der Waals surface area contributed by atoms with Gasteiger partial charge in [0.1, 0.15) is 11.9 Å². The molecular weight excluding hydrogens is 198 g/mol. The Morgan fingerprint density at radius 1 is 1.64 bits per heavy atom. The third-order valence-corrected chi connectivity index (χ3v) is 2.52. The Morgan fingerprint density at radius 2 is 2.43 bits per heavy atom. The zero-order chi connectivity index (χ0) is 10.1. The van der Waals surface area contributed by atoms with E-state index in [1.807, 2.05) is 19.1 Å². The predicted octanol–water partition coefficient (Wildman–Crippen LogP) is 2.73. The molecule has 0 radical (unpaired) electrons. The summed E-state index contributed by atoms with van der Waals surface area (Å²) in [5.41, 5.74) is 2.02. The van der Waals surface area contributed by atoms with Gasteiger partial charge in [-0.15, -0.1) is 0 Å². The molecular formula is C11H10ClNO. The molecule has 0 saturated carbocycles. The minimum Gasteiger partial charge on any atom is -0.490 e. The number of nitriles is 1. The Hall–Kier alpha value is -1.20. The van der Waals surface area contributed by atoms with E-state index in [0.29, 0.717) is 11.4 Å². The van der Waals surface area contributed by atoms with Crippen molar-refractivity contribution in [3.8, 4) is 11.8 Å². The van der Waals surface area contributed by atoms with Crippen LogP contribution in [0.4, 0.5) is 0 Å². The summed E-state index contributed by atoms with van der Waals surface area (Å²) in [6.45, 7) is 2.02. The van der Waals surface area contributed by atoms with Crippen LogP contribution in [0.25, 0.3) is 0 Å². The van der Waals surface area contributed by atoms with Crippen molar-refractivity contribution >= 4 is 11.6 Å². The van der Waals surface area contributed by atoms with Crippen molar-refractivity contribution in [1.82, 2.24) is 0 Å². The van der Waals surface area contributed by atoms with Gasteiger partial charge in [0.05, 0.1) is 12.5 Å². The Balaban J connectivity index is 2.47. The van der Waals surface area contributed by atoms with Crippen LogP contribution in [0.3, 0.4) is 0 Å². The SMILES string of the molecule is CC1Cc2cc(Cl)cc(CC#N)c2O1. The van der Waals surface area contributed by atoms with Crippen LogP contribution in [0.5, 0.6) is 5.75 Å². The average molecular weight is 208 g/mol. The highest BCUT2D eigenvalue weighted by molar-refractivity contribution is 6.30. The Morgan fingerprint density at radius 3 is 3.14 bits per heavy atom. The highest BCUT2D eigenvalue weighted by Gasteiger charge is 2.22. The Bertz CT molecular complexity index is 408. The van der Waals surface area contributed by atoms with E-state index in [-0.39, 0.29) is 6.10 Å². The number of ether oxygens (including phenoxy) is 1. The van der Waals surface area contributed by atoms with Gasteiger partial charge in [-0.05, 0) is 24.6 Å². The van der Waals surface area contributed by atoms with E-state index >= 15 is 0 Å². The smallest absolute Gasteiger partial charge is 0.127 e. The summed E-state index contributed by atoms with van der Waals surface area (Å²) in [5, 5.41) is 9.35. The summed E-state index contributed by atoms with van der Waals surface area (Å²) in [7, 11) is 0. The van der Waals surface area contributed by atoms with Gasteiger partial charge in [0, 0.05) is 17.0 Å². The molecule has 1 heterocycles. The average Bonchev–Trinajstić information content (AvgIpc) is 2.45. The molecule has 0 bridgehead atoms. The molecule has 0 saturated heterocycles. The lowest BCUT2D eigenvalue weighted by atomic mass is 10.1. The van der Waals surface area contributed by atoms with Crippen LogP contribution in [0.15, 0.2) is 12.1 Å². The van der Waals surface area contributed by atoms with Crippen LogP contribution in [0, 0.1) is 11.3 Å². The normalized spacial score (nSPS) is 18.5. The van der Waals surface area contributed by atoms with E-state index in [1.54, 1.807) is 0 Å². The topological polar surface area (TPSA) is 33.0 Å². The molecule has 1 aromatic rings. The molecule has 1 unspecified atom stereocenters. The maximum absolute atomic E-state index is 8.66. The molecule has 0 fully saturated rings. The largest absolute Gasteiger partial charge is 0.490 e. The van der Waals surface area contributed by atoms with Crippen molar-refractivity contribution in [3.63, 3.8) is 0 Å². The van der Waals surface area contributed by atoms with Gasteiger partial charge in [-0.25, -0.2) is 0 Å². The molecule has 2 nitrogen and oxygen atoms in total. The fourth-order valence-electron chi connectivity index (χ4n) is 1.78. The minimum absolute atomic E-state index is 0.195. The van der Waals surface area contributed by atoms with E-state index in [2.05, 4.69) is 6.07 Å². The summed E-state index contributed by atoms with van der Waals surface area (Å²) in [5.74, 6) is 0.864. The number of hydrogen-bond donors (Lipinski definition) is 0. The lowest BCUT2D eigenvalue weighted by molar-refractivity contribution is 0.253. The number of fused-ring (bicyclic) bond motifs is 1. The first-order valence-electron chi connectivity index (χ1n) is 4.55. The number of halogens is 1. The van der Waals surface area contributed by atoms with Gasteiger partial charge in [-0.2, -0.15) is 5.26 Å². The number of benzene rings is 1. The zero-order valence-electron chi connectivity index (χ0n) is 7.88. The van der Waals surface area contributed by atoms with Crippen LogP contribution < -0.4 is 4.74 Å². The van der Waals surface area contributed by atoms with Crippen LogP contribution in [-0.2, 0) is 12.8 Å². The molecule has 72 valence electrons. The third-order valence-electron chi connectivity index (χ3n) is 2.30. The molecule has 0 aliphatic carbocycles. The van der Waals surface area contributed by atoms with E-state index < -0.39 is 0 Å². The first kappa shape index (κ1) is 9.36. The predicted molar refractivity (Wildman–Crippen MR) is 54.6 cm³/mol. The maximum atomic E-state index is 8.66. The van der Waals surface area contributed by atoms with Crippen LogP contribution >= 0.6 is 11.6 Å². The number of rotatable bonds is 1. The van der Waals surface area contributed by atoms with Crippen molar-refractivity contribution in [1.29, 1.82) is 5.26 Å². The molecule has 1 aliphatic rings. The maximum Gasteiger partial charge on any atom is 0.127 e. The highest BCUT2D eigenvalue weighted by Crippen LogP contribution is 2.35. The zero-order valence-corrected chi connectivity index (χ0v) is 8.64. The van der Waals surface area contributed by atoms with Crippen molar-refractivity contribution in [2.75, 3.05) is 0 Å². The summed E-state index contributed by atoms with van der Waals surface area (Å²) in [4.78, 5) is 0. The van der Waals surface area contributed by atoms with Gasteiger partial charge < -0.3 is 4.74 Å². The molecule has 1 atom stereocenters.